The van der Waals surface area contributed by atoms with Crippen LogP contribution in [-0.2, 0) is 11.3 Å². The highest BCUT2D eigenvalue weighted by Crippen LogP contribution is 2.16. The Balaban J connectivity index is 2.27. The molecule has 4 amide bonds. The summed E-state index contributed by atoms with van der Waals surface area (Å²) in [6, 6.07) is 6.33. The van der Waals surface area contributed by atoms with Crippen molar-refractivity contribution in [1.82, 2.24) is 15.2 Å². The van der Waals surface area contributed by atoms with Gasteiger partial charge in [-0.1, -0.05) is 18.2 Å². The van der Waals surface area contributed by atoms with Crippen molar-refractivity contribution in [3.63, 3.8) is 0 Å². The van der Waals surface area contributed by atoms with Crippen molar-refractivity contribution >= 4 is 17.8 Å². The van der Waals surface area contributed by atoms with Gasteiger partial charge in [-0.05, 0) is 11.6 Å². The van der Waals surface area contributed by atoms with Gasteiger partial charge in [-0.2, -0.15) is 0 Å². The number of carbonyl (C=O) groups is 3. The Morgan fingerprint density at radius 3 is 2.63 bits per heavy atom. The number of likely N-dealkylation sites (N-methyl/N-ethyl adjacent to an activating group) is 1. The van der Waals surface area contributed by atoms with Crippen LogP contribution in [0.4, 0.5) is 4.79 Å². The number of hydrogen-bond acceptors (Lipinski definition) is 4. The van der Waals surface area contributed by atoms with Gasteiger partial charge in [0.1, 0.15) is 6.54 Å². The van der Waals surface area contributed by atoms with Gasteiger partial charge in [0.05, 0.1) is 6.54 Å². The van der Waals surface area contributed by atoms with Crippen molar-refractivity contribution in [1.29, 1.82) is 0 Å². The van der Waals surface area contributed by atoms with Crippen LogP contribution in [0, 0.1) is 0 Å². The first kappa shape index (κ1) is 13.0. The molecule has 1 aromatic carbocycles. The van der Waals surface area contributed by atoms with Crippen molar-refractivity contribution in [2.45, 2.75) is 6.54 Å². The molecular weight excluding hydrogens is 248 g/mol. The van der Waals surface area contributed by atoms with Gasteiger partial charge in [0.15, 0.2) is 0 Å². The number of benzene rings is 1. The number of amides is 4. The molecule has 100 valence electrons. The Kier molecular flexibility index (Phi) is 3.48. The lowest BCUT2D eigenvalue weighted by Gasteiger charge is -2.16. The fourth-order valence-corrected chi connectivity index (χ4v) is 1.95. The van der Waals surface area contributed by atoms with Crippen LogP contribution in [0.3, 0.4) is 0 Å². The van der Waals surface area contributed by atoms with Gasteiger partial charge < -0.3 is 4.90 Å². The molecule has 7 heteroatoms. The lowest BCUT2D eigenvalue weighted by Crippen LogP contribution is -2.34. The molecule has 1 saturated heterocycles. The summed E-state index contributed by atoms with van der Waals surface area (Å²) in [6.07, 6.45) is 0. The maximum Gasteiger partial charge on any atom is 0.327 e. The van der Waals surface area contributed by atoms with E-state index < -0.39 is 5.91 Å². The van der Waals surface area contributed by atoms with E-state index in [0.29, 0.717) is 11.1 Å². The second kappa shape index (κ2) is 5.07. The monoisotopic (exact) mass is 262 g/mol. The molecule has 2 rings (SSSR count). The van der Waals surface area contributed by atoms with Crippen molar-refractivity contribution in [2.75, 3.05) is 13.6 Å². The minimum atomic E-state index is -0.456. The number of carbonyl (C=O) groups excluding carboxylic acids is 3. The van der Waals surface area contributed by atoms with Gasteiger partial charge in [0, 0.05) is 12.6 Å². The fourth-order valence-electron chi connectivity index (χ4n) is 1.95. The first-order chi connectivity index (χ1) is 9.04. The molecule has 1 fully saturated rings. The third kappa shape index (κ3) is 2.41. The average molecular weight is 262 g/mol. The number of hydrogen-bond donors (Lipinski definition) is 2. The Morgan fingerprint density at radius 2 is 2.05 bits per heavy atom. The molecule has 7 nitrogen and oxygen atoms in total. The minimum absolute atomic E-state index is 0.0596. The molecular formula is C12H14N4O3. The molecule has 3 N–H and O–H groups in total. The summed E-state index contributed by atoms with van der Waals surface area (Å²) in [6.45, 7) is 0.121. The van der Waals surface area contributed by atoms with E-state index in [9.17, 15) is 14.4 Å². The number of nitrogen functional groups attached to an aromatic ring is 1. The molecule has 19 heavy (non-hydrogen) atoms. The second-order valence-corrected chi connectivity index (χ2v) is 4.25. The van der Waals surface area contributed by atoms with Crippen molar-refractivity contribution in [3.05, 3.63) is 35.4 Å². The fraction of sp³-hybridized carbons (Fsp3) is 0.250. The lowest BCUT2D eigenvalue weighted by molar-refractivity contribution is -0.125. The van der Waals surface area contributed by atoms with E-state index >= 15 is 0 Å². The predicted octanol–water partition coefficient (Wildman–Crippen LogP) is -0.316. The van der Waals surface area contributed by atoms with E-state index in [-0.39, 0.29) is 25.0 Å². The second-order valence-electron chi connectivity index (χ2n) is 4.25. The zero-order valence-electron chi connectivity index (χ0n) is 10.4. The highest BCUT2D eigenvalue weighted by molar-refractivity contribution is 6.02. The van der Waals surface area contributed by atoms with Gasteiger partial charge in [-0.25, -0.2) is 10.6 Å². The summed E-state index contributed by atoms with van der Waals surface area (Å²) >= 11 is 0. The Morgan fingerprint density at radius 1 is 1.37 bits per heavy atom. The van der Waals surface area contributed by atoms with Gasteiger partial charge >= 0.3 is 6.03 Å². The average Bonchev–Trinajstić information content (AvgIpc) is 2.65. The molecule has 0 spiro atoms. The topological polar surface area (TPSA) is 95.7 Å². The summed E-state index contributed by atoms with van der Waals surface area (Å²) in [5, 5.41) is 0. The SMILES string of the molecule is CN1CC(=O)N(Cc2ccccc2C(=O)NN)C1=O. The molecule has 1 aliphatic heterocycles. The molecule has 0 bridgehead atoms. The first-order valence-electron chi connectivity index (χ1n) is 5.69. The van der Waals surface area contributed by atoms with Crippen LogP contribution in [0.2, 0.25) is 0 Å². The summed E-state index contributed by atoms with van der Waals surface area (Å²) in [5.74, 6) is 4.37. The molecule has 0 aliphatic carbocycles. The van der Waals surface area contributed by atoms with Crippen LogP contribution < -0.4 is 11.3 Å². The molecule has 1 aromatic rings. The Bertz CT molecular complexity index is 544. The van der Waals surface area contributed by atoms with Crippen molar-refractivity contribution < 1.29 is 14.4 Å². The van der Waals surface area contributed by atoms with E-state index in [4.69, 9.17) is 5.84 Å². The van der Waals surface area contributed by atoms with E-state index in [2.05, 4.69) is 0 Å². The van der Waals surface area contributed by atoms with Crippen LogP contribution in [-0.4, -0.2) is 41.2 Å². The number of nitrogens with zero attached hydrogens (tertiary/aromatic N) is 2. The molecule has 0 saturated carbocycles. The predicted molar refractivity (Wildman–Crippen MR) is 66.7 cm³/mol. The van der Waals surface area contributed by atoms with Gasteiger partial charge in [-0.15, -0.1) is 0 Å². The zero-order chi connectivity index (χ0) is 14.0. The third-order valence-corrected chi connectivity index (χ3v) is 2.95. The third-order valence-electron chi connectivity index (χ3n) is 2.95. The van der Waals surface area contributed by atoms with Gasteiger partial charge in [0.25, 0.3) is 11.8 Å². The van der Waals surface area contributed by atoms with E-state index in [1.807, 2.05) is 5.43 Å². The number of imide groups is 1. The van der Waals surface area contributed by atoms with Crippen molar-refractivity contribution in [2.24, 2.45) is 5.84 Å². The number of rotatable bonds is 3. The van der Waals surface area contributed by atoms with E-state index in [0.717, 1.165) is 4.90 Å². The quantitative estimate of drug-likeness (QED) is 0.338. The Hall–Kier alpha value is -2.41. The standard InChI is InChI=1S/C12H14N4O3/c1-15-7-10(17)16(12(15)19)6-8-4-2-3-5-9(8)11(18)14-13/h2-5H,6-7,13H2,1H3,(H,14,18). The first-order valence-corrected chi connectivity index (χ1v) is 5.69. The van der Waals surface area contributed by atoms with E-state index in [1.165, 1.54) is 4.90 Å². The normalized spacial score (nSPS) is 15.1. The van der Waals surface area contributed by atoms with Gasteiger partial charge in [-0.3, -0.25) is 19.9 Å². The molecule has 0 atom stereocenters. The summed E-state index contributed by atoms with van der Waals surface area (Å²) in [4.78, 5) is 37.5. The number of hydrazine groups is 1. The number of nitrogens with one attached hydrogen (secondary N) is 1. The maximum absolute atomic E-state index is 11.8. The van der Waals surface area contributed by atoms with Gasteiger partial charge in [0.2, 0.25) is 0 Å². The molecule has 1 heterocycles. The van der Waals surface area contributed by atoms with Crippen LogP contribution in [0.15, 0.2) is 24.3 Å². The summed E-state index contributed by atoms with van der Waals surface area (Å²) in [5.41, 5.74) is 2.96. The maximum atomic E-state index is 11.8. The van der Waals surface area contributed by atoms with Crippen LogP contribution in [0.25, 0.3) is 0 Å². The largest absolute Gasteiger partial charge is 0.327 e. The van der Waals surface area contributed by atoms with Crippen LogP contribution in [0.5, 0.6) is 0 Å². The lowest BCUT2D eigenvalue weighted by atomic mass is 10.1. The zero-order valence-corrected chi connectivity index (χ0v) is 10.4. The minimum Gasteiger partial charge on any atom is -0.318 e. The summed E-state index contributed by atoms with van der Waals surface area (Å²) in [7, 11) is 1.55. The molecule has 0 radical (unpaired) electrons. The molecule has 0 aromatic heterocycles. The highest BCUT2D eigenvalue weighted by atomic mass is 16.2. The van der Waals surface area contributed by atoms with Crippen LogP contribution in [0.1, 0.15) is 15.9 Å². The Labute approximate surface area is 109 Å². The van der Waals surface area contributed by atoms with Crippen molar-refractivity contribution in [3.8, 4) is 0 Å². The molecule has 0 unspecified atom stereocenters. The van der Waals surface area contributed by atoms with Crippen LogP contribution >= 0.6 is 0 Å². The smallest absolute Gasteiger partial charge is 0.318 e. The number of nitrogens with two attached hydrogens (primary N) is 1. The highest BCUT2D eigenvalue weighted by Gasteiger charge is 2.33. The molecule has 1 aliphatic rings. The number of urea groups is 1. The summed E-state index contributed by atoms with van der Waals surface area (Å²) < 4.78 is 0. The van der Waals surface area contributed by atoms with E-state index in [1.54, 1.807) is 31.3 Å².